The van der Waals surface area contributed by atoms with Crippen molar-refractivity contribution in [3.8, 4) is 0 Å². The molecule has 0 spiro atoms. The van der Waals surface area contributed by atoms with Gasteiger partial charge in [0.25, 0.3) is 10.0 Å². The number of hydrogen-bond acceptors (Lipinski definition) is 7. The van der Waals surface area contributed by atoms with Crippen molar-refractivity contribution in [2.75, 3.05) is 6.61 Å². The van der Waals surface area contributed by atoms with Crippen LogP contribution in [-0.2, 0) is 33.9 Å². The van der Waals surface area contributed by atoms with E-state index in [0.29, 0.717) is 10.7 Å². The Labute approximate surface area is 183 Å². The molecule has 1 fully saturated rings. The van der Waals surface area contributed by atoms with Crippen LogP contribution in [0.3, 0.4) is 0 Å². The molecule has 1 aliphatic heterocycles. The lowest BCUT2D eigenvalue weighted by Crippen LogP contribution is -2.55. The Hall–Kier alpha value is -2.46. The largest absolute Gasteiger partial charge is 0.434 e. The van der Waals surface area contributed by atoms with Gasteiger partial charge < -0.3 is 14.8 Å². The van der Waals surface area contributed by atoms with Gasteiger partial charge in [-0.3, -0.25) is 14.4 Å². The van der Waals surface area contributed by atoms with E-state index in [1.165, 1.54) is 19.1 Å². The Morgan fingerprint density at radius 2 is 1.81 bits per heavy atom. The van der Waals surface area contributed by atoms with Crippen LogP contribution in [0.5, 0.6) is 0 Å². The topological polar surface area (TPSA) is 119 Å². The third-order valence-electron chi connectivity index (χ3n) is 4.82. The lowest BCUT2D eigenvalue weighted by molar-refractivity contribution is -0.171. The highest BCUT2D eigenvalue weighted by Crippen LogP contribution is 2.24. The average molecular weight is 455 g/mol. The molecule has 1 aromatic carbocycles. The number of amides is 2. The Morgan fingerprint density at radius 3 is 2.32 bits per heavy atom. The van der Waals surface area contributed by atoms with Crippen LogP contribution in [0, 0.1) is 12.8 Å². The molecular formula is C21H30N2O7S. The number of aryl methyl sites for hydroxylation is 1. The van der Waals surface area contributed by atoms with Gasteiger partial charge in [0.05, 0.1) is 17.5 Å². The number of carbonyl (C=O) groups excluding carboxylic acids is 3. The summed E-state index contributed by atoms with van der Waals surface area (Å²) in [4.78, 5) is 36.9. The maximum atomic E-state index is 13.3. The molecule has 0 aromatic heterocycles. The molecule has 1 saturated heterocycles. The van der Waals surface area contributed by atoms with E-state index in [0.717, 1.165) is 12.5 Å². The third-order valence-corrected chi connectivity index (χ3v) is 6.72. The van der Waals surface area contributed by atoms with E-state index in [9.17, 15) is 22.8 Å². The summed E-state index contributed by atoms with van der Waals surface area (Å²) in [6.07, 6.45) is -0.439. The predicted molar refractivity (Wildman–Crippen MR) is 112 cm³/mol. The summed E-state index contributed by atoms with van der Waals surface area (Å²) in [5.41, 5.74) is 0.863. The van der Waals surface area contributed by atoms with Gasteiger partial charge in [0, 0.05) is 13.8 Å². The van der Waals surface area contributed by atoms with Crippen LogP contribution in [0.15, 0.2) is 29.2 Å². The molecule has 31 heavy (non-hydrogen) atoms. The molecule has 1 aliphatic rings. The third kappa shape index (κ3) is 6.27. The number of carbonyl (C=O) groups is 3. The average Bonchev–Trinajstić information content (AvgIpc) is 3.06. The van der Waals surface area contributed by atoms with Crippen LogP contribution in [-0.4, -0.2) is 55.5 Å². The zero-order chi connectivity index (χ0) is 23.3. The number of benzene rings is 1. The smallest absolute Gasteiger partial charge is 0.305 e. The first kappa shape index (κ1) is 24.8. The summed E-state index contributed by atoms with van der Waals surface area (Å²) in [7, 11) is -4.27. The molecule has 0 aliphatic carbocycles. The van der Waals surface area contributed by atoms with Gasteiger partial charge in [-0.1, -0.05) is 31.5 Å². The molecule has 2 amide bonds. The Kier molecular flexibility index (Phi) is 8.19. The fourth-order valence-electron chi connectivity index (χ4n) is 3.40. The minimum Gasteiger partial charge on any atom is -0.434 e. The molecule has 2 rings (SSSR count). The van der Waals surface area contributed by atoms with Crippen LogP contribution in [0.1, 0.15) is 46.1 Å². The van der Waals surface area contributed by atoms with Crippen molar-refractivity contribution < 1.29 is 32.3 Å². The predicted octanol–water partition coefficient (Wildman–Crippen LogP) is 1.74. The first-order valence-electron chi connectivity index (χ1n) is 10.1. The molecule has 172 valence electrons. The first-order valence-corrected chi connectivity index (χ1v) is 11.6. The van der Waals surface area contributed by atoms with Crippen LogP contribution in [0.4, 0.5) is 0 Å². The molecule has 9 nitrogen and oxygen atoms in total. The van der Waals surface area contributed by atoms with E-state index in [1.807, 2.05) is 20.8 Å². The van der Waals surface area contributed by atoms with Gasteiger partial charge in [0.1, 0.15) is 6.04 Å². The van der Waals surface area contributed by atoms with Crippen molar-refractivity contribution >= 4 is 27.8 Å². The number of nitrogens with zero attached hydrogens (tertiary/aromatic N) is 1. The second-order valence-electron chi connectivity index (χ2n) is 8.03. The zero-order valence-corrected chi connectivity index (χ0v) is 19.3. The summed E-state index contributed by atoms with van der Waals surface area (Å²) in [5.74, 6) is -2.04. The standard InChI is InChI=1S/C21H30N2O7S/c1-13(2)12-19(20(26)22-18-10-11-29-21(18)30-16(5)25)23(15(4)24)31(27,28)17-8-6-14(3)7-9-17/h6-9,13,18-19,21H,10-12H2,1-5H3,(H,22,26)/t18-,19?,21-/m0/s1. The summed E-state index contributed by atoms with van der Waals surface area (Å²) >= 11 is 0. The maximum Gasteiger partial charge on any atom is 0.305 e. The maximum absolute atomic E-state index is 13.3. The summed E-state index contributed by atoms with van der Waals surface area (Å²) < 4.78 is 37.6. The number of rotatable bonds is 8. The van der Waals surface area contributed by atoms with Gasteiger partial charge in [-0.05, 0) is 37.8 Å². The molecule has 0 radical (unpaired) electrons. The van der Waals surface area contributed by atoms with Gasteiger partial charge in [0.15, 0.2) is 0 Å². The van der Waals surface area contributed by atoms with E-state index in [-0.39, 0.29) is 23.8 Å². The van der Waals surface area contributed by atoms with Crippen molar-refractivity contribution in [2.24, 2.45) is 5.92 Å². The number of sulfonamides is 1. The first-order chi connectivity index (χ1) is 14.4. The van der Waals surface area contributed by atoms with Crippen molar-refractivity contribution in [1.29, 1.82) is 0 Å². The second-order valence-corrected chi connectivity index (χ2v) is 9.85. The van der Waals surface area contributed by atoms with E-state index < -0.39 is 46.2 Å². The van der Waals surface area contributed by atoms with Gasteiger partial charge in [-0.15, -0.1) is 0 Å². The number of esters is 1. The lowest BCUT2D eigenvalue weighted by atomic mass is 10.0. The summed E-state index contributed by atoms with van der Waals surface area (Å²) in [6, 6.07) is 4.17. The minimum atomic E-state index is -4.27. The summed E-state index contributed by atoms with van der Waals surface area (Å²) in [6.45, 7) is 8.10. The molecular weight excluding hydrogens is 424 g/mol. The van der Waals surface area contributed by atoms with E-state index in [2.05, 4.69) is 5.32 Å². The normalized spacial score (nSPS) is 19.7. The van der Waals surface area contributed by atoms with Crippen LogP contribution in [0.25, 0.3) is 0 Å². The number of hydrogen-bond donors (Lipinski definition) is 1. The Bertz CT molecular complexity index is 912. The van der Waals surface area contributed by atoms with E-state index in [1.54, 1.807) is 12.1 Å². The van der Waals surface area contributed by atoms with Crippen molar-refractivity contribution in [3.63, 3.8) is 0 Å². The molecule has 1 aromatic rings. The monoisotopic (exact) mass is 454 g/mol. The van der Waals surface area contributed by atoms with Gasteiger partial charge >= 0.3 is 5.97 Å². The highest BCUT2D eigenvalue weighted by atomic mass is 32.2. The Balaban J connectivity index is 2.36. The SMILES string of the molecule is CC(=O)O[C@@H]1OCC[C@@H]1NC(=O)C(CC(C)C)N(C(C)=O)S(=O)(=O)c1ccc(C)cc1. The van der Waals surface area contributed by atoms with Crippen LogP contribution in [0.2, 0.25) is 0 Å². The van der Waals surface area contributed by atoms with Gasteiger partial charge in [0.2, 0.25) is 18.1 Å². The number of ether oxygens (including phenoxy) is 2. The van der Waals surface area contributed by atoms with E-state index in [4.69, 9.17) is 9.47 Å². The molecule has 0 saturated carbocycles. The molecule has 1 unspecified atom stereocenters. The van der Waals surface area contributed by atoms with Crippen LogP contribution >= 0.6 is 0 Å². The molecule has 3 atom stereocenters. The lowest BCUT2D eigenvalue weighted by Gasteiger charge is -2.31. The highest BCUT2D eigenvalue weighted by Gasteiger charge is 2.41. The zero-order valence-electron chi connectivity index (χ0n) is 18.5. The highest BCUT2D eigenvalue weighted by molar-refractivity contribution is 7.89. The van der Waals surface area contributed by atoms with Gasteiger partial charge in [-0.2, -0.15) is 0 Å². The number of nitrogens with one attached hydrogen (secondary N) is 1. The fourth-order valence-corrected chi connectivity index (χ4v) is 4.96. The minimum absolute atomic E-state index is 0.0724. The second kappa shape index (κ2) is 10.2. The summed E-state index contributed by atoms with van der Waals surface area (Å²) in [5, 5.41) is 2.71. The molecule has 10 heteroatoms. The van der Waals surface area contributed by atoms with Crippen molar-refractivity contribution in [3.05, 3.63) is 29.8 Å². The van der Waals surface area contributed by atoms with Gasteiger partial charge in [-0.25, -0.2) is 12.7 Å². The Morgan fingerprint density at radius 1 is 1.19 bits per heavy atom. The molecule has 0 bridgehead atoms. The van der Waals surface area contributed by atoms with Crippen molar-refractivity contribution in [2.45, 2.75) is 70.7 Å². The molecule has 1 heterocycles. The quantitative estimate of drug-likeness (QED) is 0.594. The molecule has 1 N–H and O–H groups in total. The van der Waals surface area contributed by atoms with Crippen LogP contribution < -0.4 is 5.32 Å². The fraction of sp³-hybridized carbons (Fsp3) is 0.571. The van der Waals surface area contributed by atoms with E-state index >= 15 is 0 Å². The van der Waals surface area contributed by atoms with Crippen molar-refractivity contribution in [1.82, 2.24) is 9.62 Å².